The van der Waals surface area contributed by atoms with Gasteiger partial charge in [-0.1, -0.05) is 0 Å². The van der Waals surface area contributed by atoms with Gasteiger partial charge < -0.3 is 10.6 Å². The first-order valence-electron chi connectivity index (χ1n) is 7.57. The van der Waals surface area contributed by atoms with Crippen molar-refractivity contribution in [3.05, 3.63) is 16.8 Å². The Morgan fingerprint density at radius 3 is 3.00 bits per heavy atom. The summed E-state index contributed by atoms with van der Waals surface area (Å²) in [5.41, 5.74) is 6.05. The number of nitrogens with zero attached hydrogens (tertiary/aromatic N) is 2. The van der Waals surface area contributed by atoms with E-state index in [1.165, 1.54) is 49.2 Å². The van der Waals surface area contributed by atoms with E-state index in [-0.39, 0.29) is 0 Å². The molecule has 4 heteroatoms. The Bertz CT molecular complexity index is 535. The van der Waals surface area contributed by atoms with Gasteiger partial charge in [-0.25, -0.2) is 0 Å². The van der Waals surface area contributed by atoms with Gasteiger partial charge in [0.1, 0.15) is 5.82 Å². The summed E-state index contributed by atoms with van der Waals surface area (Å²) in [4.78, 5) is 0. The second-order valence-corrected chi connectivity index (χ2v) is 6.06. The number of allylic oxidation sites excluding steroid dienone is 1. The molecule has 1 aromatic rings. The Kier molecular flexibility index (Phi) is 2.65. The average Bonchev–Trinajstić information content (AvgIpc) is 3.07. The zero-order valence-corrected chi connectivity index (χ0v) is 11.6. The monoisotopic (exact) mass is 258 g/mol. The van der Waals surface area contributed by atoms with Crippen LogP contribution in [0.25, 0.3) is 5.57 Å². The highest BCUT2D eigenvalue weighted by molar-refractivity contribution is 5.82. The molecule has 0 aromatic carbocycles. The van der Waals surface area contributed by atoms with Crippen LogP contribution in [0.2, 0.25) is 0 Å². The minimum Gasteiger partial charge on any atom is -0.366 e. The van der Waals surface area contributed by atoms with Crippen molar-refractivity contribution < 1.29 is 0 Å². The molecule has 102 valence electrons. The van der Waals surface area contributed by atoms with Crippen LogP contribution in [0.1, 0.15) is 49.3 Å². The molecule has 1 fully saturated rings. The van der Waals surface area contributed by atoms with Crippen LogP contribution in [0.5, 0.6) is 0 Å². The smallest absolute Gasteiger partial charge is 0.132 e. The van der Waals surface area contributed by atoms with E-state index in [1.54, 1.807) is 11.1 Å². The number of hydrogen-bond acceptors (Lipinski definition) is 3. The minimum absolute atomic E-state index is 0.602. The summed E-state index contributed by atoms with van der Waals surface area (Å²) in [5, 5.41) is 11.9. The van der Waals surface area contributed by atoms with E-state index >= 15 is 0 Å². The third-order valence-corrected chi connectivity index (χ3v) is 4.87. The van der Waals surface area contributed by atoms with Crippen molar-refractivity contribution in [3.8, 4) is 0 Å². The summed E-state index contributed by atoms with van der Waals surface area (Å²) >= 11 is 0. The standard InChI is InChI=1S/C15H22N4/c1-19-15-13(14(18-19)11-6-7-16-8-11)12-5-3-2-4-10(12)9-17-15/h11,16-17H,2-9H2,1H3/t11-/m0/s1. The van der Waals surface area contributed by atoms with E-state index in [0.29, 0.717) is 5.92 Å². The molecule has 4 nitrogen and oxygen atoms in total. The maximum absolute atomic E-state index is 4.85. The van der Waals surface area contributed by atoms with Crippen LogP contribution in [-0.2, 0) is 7.05 Å². The van der Waals surface area contributed by atoms with Crippen molar-refractivity contribution >= 4 is 11.4 Å². The SMILES string of the molecule is Cn1nc([C@H]2CCNC2)c2c1NCC1=C2CCCC1. The van der Waals surface area contributed by atoms with Crippen molar-refractivity contribution in [1.29, 1.82) is 0 Å². The molecule has 0 spiro atoms. The molecule has 0 amide bonds. The number of anilines is 1. The maximum atomic E-state index is 4.85. The summed E-state index contributed by atoms with van der Waals surface area (Å²) in [6.45, 7) is 3.26. The van der Waals surface area contributed by atoms with Crippen molar-refractivity contribution in [2.24, 2.45) is 7.05 Å². The van der Waals surface area contributed by atoms with Gasteiger partial charge >= 0.3 is 0 Å². The predicted molar refractivity (Wildman–Crippen MR) is 77.3 cm³/mol. The lowest BCUT2D eigenvalue weighted by atomic mass is 9.83. The second kappa shape index (κ2) is 4.37. The van der Waals surface area contributed by atoms with Crippen LogP contribution in [-0.4, -0.2) is 29.4 Å². The van der Waals surface area contributed by atoms with E-state index in [4.69, 9.17) is 5.10 Å². The summed E-state index contributed by atoms with van der Waals surface area (Å²) in [5.74, 6) is 1.85. The Balaban J connectivity index is 1.85. The van der Waals surface area contributed by atoms with Crippen molar-refractivity contribution in [2.75, 3.05) is 25.0 Å². The van der Waals surface area contributed by atoms with Gasteiger partial charge in [0.05, 0.1) is 5.69 Å². The lowest BCUT2D eigenvalue weighted by Crippen LogP contribution is -2.18. The third-order valence-electron chi connectivity index (χ3n) is 4.87. The molecule has 3 heterocycles. The number of aryl methyl sites for hydroxylation is 1. The molecular formula is C15H22N4. The zero-order valence-electron chi connectivity index (χ0n) is 11.6. The third kappa shape index (κ3) is 1.73. The van der Waals surface area contributed by atoms with Gasteiger partial charge in [-0.05, 0) is 49.8 Å². The van der Waals surface area contributed by atoms with E-state index in [9.17, 15) is 0 Å². The number of hydrogen-bond donors (Lipinski definition) is 2. The molecule has 2 aliphatic heterocycles. The molecule has 0 bridgehead atoms. The molecule has 1 aliphatic carbocycles. The van der Waals surface area contributed by atoms with Crippen LogP contribution >= 0.6 is 0 Å². The molecule has 2 N–H and O–H groups in total. The molecule has 0 unspecified atom stereocenters. The first-order chi connectivity index (χ1) is 9.34. The van der Waals surface area contributed by atoms with Gasteiger partial charge in [-0.15, -0.1) is 0 Å². The fourth-order valence-electron chi connectivity index (χ4n) is 3.87. The lowest BCUT2D eigenvalue weighted by molar-refractivity contribution is 0.681. The van der Waals surface area contributed by atoms with Crippen molar-refractivity contribution in [3.63, 3.8) is 0 Å². The molecule has 19 heavy (non-hydrogen) atoms. The fraction of sp³-hybridized carbons (Fsp3) is 0.667. The average molecular weight is 258 g/mol. The first-order valence-corrected chi connectivity index (χ1v) is 7.57. The van der Waals surface area contributed by atoms with Crippen LogP contribution in [0.15, 0.2) is 5.57 Å². The van der Waals surface area contributed by atoms with Crippen LogP contribution < -0.4 is 10.6 Å². The Hall–Kier alpha value is -1.29. The highest BCUT2D eigenvalue weighted by atomic mass is 15.3. The fourth-order valence-corrected chi connectivity index (χ4v) is 3.87. The van der Waals surface area contributed by atoms with Gasteiger partial charge in [-0.2, -0.15) is 5.10 Å². The summed E-state index contributed by atoms with van der Waals surface area (Å²) < 4.78 is 2.06. The van der Waals surface area contributed by atoms with Crippen molar-refractivity contribution in [2.45, 2.75) is 38.0 Å². The van der Waals surface area contributed by atoms with Gasteiger partial charge in [0.15, 0.2) is 0 Å². The Morgan fingerprint density at radius 1 is 1.26 bits per heavy atom. The van der Waals surface area contributed by atoms with Crippen LogP contribution in [0.4, 0.5) is 5.82 Å². The van der Waals surface area contributed by atoms with Crippen LogP contribution in [0.3, 0.4) is 0 Å². The van der Waals surface area contributed by atoms with E-state index in [1.807, 2.05) is 0 Å². The molecular weight excluding hydrogens is 236 g/mol. The van der Waals surface area contributed by atoms with Gasteiger partial charge in [-0.3, -0.25) is 4.68 Å². The minimum atomic E-state index is 0.602. The number of fused-ring (bicyclic) bond motifs is 2. The maximum Gasteiger partial charge on any atom is 0.132 e. The number of rotatable bonds is 1. The quantitative estimate of drug-likeness (QED) is 0.812. The number of aromatic nitrogens is 2. The van der Waals surface area contributed by atoms with E-state index in [2.05, 4.69) is 22.4 Å². The zero-order chi connectivity index (χ0) is 12.8. The largest absolute Gasteiger partial charge is 0.366 e. The first kappa shape index (κ1) is 11.5. The van der Waals surface area contributed by atoms with Gasteiger partial charge in [0.2, 0.25) is 0 Å². The summed E-state index contributed by atoms with van der Waals surface area (Å²) in [7, 11) is 2.08. The normalized spacial score (nSPS) is 26.1. The van der Waals surface area contributed by atoms with Crippen LogP contribution in [0, 0.1) is 0 Å². The second-order valence-electron chi connectivity index (χ2n) is 6.06. The van der Waals surface area contributed by atoms with Gasteiger partial charge in [0.25, 0.3) is 0 Å². The molecule has 1 aromatic heterocycles. The van der Waals surface area contributed by atoms with Crippen molar-refractivity contribution in [1.82, 2.24) is 15.1 Å². The Labute approximate surface area is 114 Å². The Morgan fingerprint density at radius 2 is 2.16 bits per heavy atom. The summed E-state index contributed by atoms with van der Waals surface area (Å²) in [6.07, 6.45) is 6.46. The highest BCUT2D eigenvalue weighted by Crippen LogP contribution is 2.43. The molecule has 4 rings (SSSR count). The van der Waals surface area contributed by atoms with Gasteiger partial charge in [0, 0.05) is 31.6 Å². The molecule has 0 saturated carbocycles. The lowest BCUT2D eigenvalue weighted by Gasteiger charge is -2.27. The molecule has 0 radical (unpaired) electrons. The molecule has 1 atom stereocenters. The molecule has 1 saturated heterocycles. The number of nitrogens with one attached hydrogen (secondary N) is 2. The van der Waals surface area contributed by atoms with E-state index < -0.39 is 0 Å². The van der Waals surface area contributed by atoms with E-state index in [0.717, 1.165) is 19.6 Å². The highest BCUT2D eigenvalue weighted by Gasteiger charge is 2.31. The molecule has 3 aliphatic rings. The predicted octanol–water partition coefficient (Wildman–Crippen LogP) is 2.25. The summed E-state index contributed by atoms with van der Waals surface area (Å²) in [6, 6.07) is 0. The topological polar surface area (TPSA) is 41.9 Å².